The highest BCUT2D eigenvalue weighted by Crippen LogP contribution is 2.22. The summed E-state index contributed by atoms with van der Waals surface area (Å²) < 4.78 is 27.9. The highest BCUT2D eigenvalue weighted by Gasteiger charge is 2.34. The monoisotopic (exact) mass is 325 g/mol. The summed E-state index contributed by atoms with van der Waals surface area (Å²) in [7, 11) is -3.36. The standard InChI is InChI=1S/C15H23N3O3S/c19-15(14-8-3-9-16-14)18-10-4-7-13(11-18)22(20,21)17-12-5-1-2-6-12/h3,8-9,12-13,16-17H,1-2,4-7,10-11H2/t13-/m0/s1. The molecule has 0 bridgehead atoms. The van der Waals surface area contributed by atoms with Crippen LogP contribution in [0.25, 0.3) is 0 Å². The molecule has 1 aromatic heterocycles. The van der Waals surface area contributed by atoms with E-state index in [9.17, 15) is 13.2 Å². The van der Waals surface area contributed by atoms with E-state index in [0.717, 1.165) is 32.1 Å². The molecule has 1 atom stereocenters. The topological polar surface area (TPSA) is 82.3 Å². The summed E-state index contributed by atoms with van der Waals surface area (Å²) in [4.78, 5) is 16.9. The number of sulfonamides is 1. The Morgan fingerprint density at radius 3 is 2.68 bits per heavy atom. The first-order valence-corrected chi connectivity index (χ1v) is 9.55. The van der Waals surface area contributed by atoms with Crippen LogP contribution in [0.4, 0.5) is 0 Å². The molecule has 122 valence electrons. The molecule has 2 fully saturated rings. The van der Waals surface area contributed by atoms with Gasteiger partial charge < -0.3 is 9.88 Å². The molecule has 2 aliphatic rings. The van der Waals surface area contributed by atoms with Gasteiger partial charge in [-0.1, -0.05) is 12.8 Å². The van der Waals surface area contributed by atoms with Crippen molar-refractivity contribution in [3.8, 4) is 0 Å². The molecule has 7 heteroatoms. The first kappa shape index (κ1) is 15.6. The lowest BCUT2D eigenvalue weighted by Gasteiger charge is -2.32. The largest absolute Gasteiger partial charge is 0.357 e. The van der Waals surface area contributed by atoms with Crippen LogP contribution in [0.3, 0.4) is 0 Å². The number of amides is 1. The molecule has 1 amide bonds. The summed E-state index contributed by atoms with van der Waals surface area (Å²) in [6.07, 6.45) is 7.09. The van der Waals surface area contributed by atoms with Crippen molar-refractivity contribution in [2.45, 2.75) is 49.8 Å². The van der Waals surface area contributed by atoms with E-state index in [-0.39, 0.29) is 18.5 Å². The van der Waals surface area contributed by atoms with Crippen LogP contribution >= 0.6 is 0 Å². The second kappa shape index (κ2) is 6.42. The van der Waals surface area contributed by atoms with Crippen LogP contribution < -0.4 is 4.72 Å². The molecule has 1 saturated carbocycles. The third kappa shape index (κ3) is 3.35. The van der Waals surface area contributed by atoms with Crippen molar-refractivity contribution in [3.63, 3.8) is 0 Å². The fourth-order valence-electron chi connectivity index (χ4n) is 3.38. The molecule has 22 heavy (non-hydrogen) atoms. The molecule has 0 unspecified atom stereocenters. The van der Waals surface area contributed by atoms with Crippen molar-refractivity contribution in [3.05, 3.63) is 24.0 Å². The Bertz CT molecular complexity index is 606. The van der Waals surface area contributed by atoms with Gasteiger partial charge in [-0.25, -0.2) is 13.1 Å². The number of aromatic nitrogens is 1. The number of hydrogen-bond donors (Lipinski definition) is 2. The minimum absolute atomic E-state index is 0.0829. The number of carbonyl (C=O) groups excluding carboxylic acids is 1. The average Bonchev–Trinajstić information content (AvgIpc) is 3.19. The van der Waals surface area contributed by atoms with Crippen LogP contribution in [0, 0.1) is 0 Å². The maximum absolute atomic E-state index is 12.5. The van der Waals surface area contributed by atoms with Gasteiger partial charge in [-0.05, 0) is 37.8 Å². The average molecular weight is 325 g/mol. The number of nitrogens with zero attached hydrogens (tertiary/aromatic N) is 1. The number of H-pyrrole nitrogens is 1. The summed E-state index contributed by atoms with van der Waals surface area (Å²) >= 11 is 0. The van der Waals surface area contributed by atoms with Crippen LogP contribution in [0.1, 0.15) is 49.0 Å². The van der Waals surface area contributed by atoms with Gasteiger partial charge in [0.15, 0.2) is 0 Å². The molecule has 0 aromatic carbocycles. The van der Waals surface area contributed by atoms with Crippen LogP contribution in [-0.2, 0) is 10.0 Å². The fourth-order valence-corrected chi connectivity index (χ4v) is 5.13. The van der Waals surface area contributed by atoms with Gasteiger partial charge in [0.25, 0.3) is 5.91 Å². The first-order valence-electron chi connectivity index (χ1n) is 8.00. The zero-order valence-corrected chi connectivity index (χ0v) is 13.4. The second-order valence-electron chi connectivity index (χ2n) is 6.24. The van der Waals surface area contributed by atoms with E-state index in [0.29, 0.717) is 18.7 Å². The van der Waals surface area contributed by atoms with Crippen LogP contribution in [0.15, 0.2) is 18.3 Å². The normalized spacial score (nSPS) is 23.8. The number of nitrogens with one attached hydrogen (secondary N) is 2. The smallest absolute Gasteiger partial charge is 0.270 e. The van der Waals surface area contributed by atoms with Crippen molar-refractivity contribution in [2.75, 3.05) is 13.1 Å². The molecule has 2 heterocycles. The quantitative estimate of drug-likeness (QED) is 0.880. The fraction of sp³-hybridized carbons (Fsp3) is 0.667. The molecule has 3 rings (SSSR count). The molecule has 6 nitrogen and oxygen atoms in total. The molecular formula is C15H23N3O3S. The Morgan fingerprint density at radius 2 is 2.00 bits per heavy atom. The maximum Gasteiger partial charge on any atom is 0.270 e. The Balaban J connectivity index is 1.65. The van der Waals surface area contributed by atoms with E-state index in [1.165, 1.54) is 0 Å². The Morgan fingerprint density at radius 1 is 1.23 bits per heavy atom. The molecular weight excluding hydrogens is 302 g/mol. The van der Waals surface area contributed by atoms with Crippen molar-refractivity contribution in [1.29, 1.82) is 0 Å². The van der Waals surface area contributed by atoms with Gasteiger partial charge >= 0.3 is 0 Å². The van der Waals surface area contributed by atoms with Crippen LogP contribution in [0.5, 0.6) is 0 Å². The number of carbonyl (C=O) groups is 1. The number of piperidine rings is 1. The maximum atomic E-state index is 12.5. The van der Waals surface area contributed by atoms with Gasteiger partial charge in [-0.3, -0.25) is 4.79 Å². The van der Waals surface area contributed by atoms with Gasteiger partial charge in [0.2, 0.25) is 10.0 Å². The number of likely N-dealkylation sites (tertiary alicyclic amines) is 1. The number of rotatable bonds is 4. The summed E-state index contributed by atoms with van der Waals surface area (Å²) in [5, 5.41) is -0.499. The zero-order valence-electron chi connectivity index (χ0n) is 12.6. The van der Waals surface area contributed by atoms with E-state index in [4.69, 9.17) is 0 Å². The summed E-state index contributed by atoms with van der Waals surface area (Å²) in [6.45, 7) is 0.896. The van der Waals surface area contributed by atoms with E-state index in [2.05, 4.69) is 9.71 Å². The molecule has 0 spiro atoms. The predicted molar refractivity (Wildman–Crippen MR) is 84.0 cm³/mol. The lowest BCUT2D eigenvalue weighted by molar-refractivity contribution is 0.0721. The highest BCUT2D eigenvalue weighted by atomic mass is 32.2. The summed E-state index contributed by atoms with van der Waals surface area (Å²) in [5.74, 6) is -0.120. The molecule has 1 aliphatic carbocycles. The summed E-state index contributed by atoms with van der Waals surface area (Å²) in [5.41, 5.74) is 0.516. The predicted octanol–water partition coefficient (Wildman–Crippen LogP) is 1.48. The van der Waals surface area contributed by atoms with Crippen molar-refractivity contribution in [1.82, 2.24) is 14.6 Å². The van der Waals surface area contributed by atoms with Crippen LogP contribution in [-0.4, -0.2) is 48.6 Å². The molecule has 1 aromatic rings. The Labute approximate surface area is 131 Å². The first-order chi connectivity index (χ1) is 10.6. The van der Waals surface area contributed by atoms with Crippen LogP contribution in [0.2, 0.25) is 0 Å². The third-order valence-electron chi connectivity index (χ3n) is 4.62. The van der Waals surface area contributed by atoms with Crippen molar-refractivity contribution in [2.24, 2.45) is 0 Å². The Hall–Kier alpha value is -1.34. The molecule has 0 radical (unpaired) electrons. The SMILES string of the molecule is O=C(c1ccc[nH]1)N1CCC[C@H](S(=O)(=O)NC2CCCC2)C1. The minimum atomic E-state index is -3.36. The van der Waals surface area contributed by atoms with E-state index in [1.54, 1.807) is 23.2 Å². The highest BCUT2D eigenvalue weighted by molar-refractivity contribution is 7.90. The van der Waals surface area contributed by atoms with Crippen molar-refractivity contribution < 1.29 is 13.2 Å². The van der Waals surface area contributed by atoms with Gasteiger partial charge in [0.1, 0.15) is 5.69 Å². The molecule has 2 N–H and O–H groups in total. The van der Waals surface area contributed by atoms with Gasteiger partial charge in [0, 0.05) is 25.3 Å². The van der Waals surface area contributed by atoms with Crippen molar-refractivity contribution >= 4 is 15.9 Å². The number of aromatic amines is 1. The minimum Gasteiger partial charge on any atom is -0.357 e. The third-order valence-corrected chi connectivity index (χ3v) is 6.54. The van der Waals surface area contributed by atoms with E-state index >= 15 is 0 Å². The van der Waals surface area contributed by atoms with Gasteiger partial charge in [0.05, 0.1) is 5.25 Å². The van der Waals surface area contributed by atoms with E-state index in [1.807, 2.05) is 0 Å². The Kier molecular flexibility index (Phi) is 4.54. The molecule has 1 aliphatic heterocycles. The second-order valence-corrected chi connectivity index (χ2v) is 8.24. The van der Waals surface area contributed by atoms with Gasteiger partial charge in [-0.15, -0.1) is 0 Å². The summed E-state index contributed by atoms with van der Waals surface area (Å²) in [6, 6.07) is 3.57. The lowest BCUT2D eigenvalue weighted by atomic mass is 10.1. The lowest BCUT2D eigenvalue weighted by Crippen LogP contribution is -2.50. The number of hydrogen-bond acceptors (Lipinski definition) is 3. The van der Waals surface area contributed by atoms with Gasteiger partial charge in [-0.2, -0.15) is 0 Å². The zero-order chi connectivity index (χ0) is 15.6. The van der Waals surface area contributed by atoms with E-state index < -0.39 is 15.3 Å². The molecule has 1 saturated heterocycles.